The van der Waals surface area contributed by atoms with Gasteiger partial charge in [0.05, 0.1) is 6.20 Å². The van der Waals surface area contributed by atoms with Crippen LogP contribution in [0.2, 0.25) is 0 Å². The molecule has 0 spiro atoms. The number of pyridine rings is 1. The first-order valence-electron chi connectivity index (χ1n) is 2.67. The van der Waals surface area contributed by atoms with Crippen LogP contribution in [0.4, 0.5) is 0 Å². The number of hydrogen-bond acceptors (Lipinski definition) is 4. The van der Waals surface area contributed by atoms with Crippen LogP contribution in [0.15, 0.2) is 23.4 Å². The molecule has 1 aromatic heterocycles. The van der Waals surface area contributed by atoms with Crippen molar-refractivity contribution >= 4 is 10.0 Å². The molecule has 0 unspecified atom stereocenters. The Morgan fingerprint density at radius 2 is 2.09 bits per heavy atom. The van der Waals surface area contributed by atoms with Crippen LogP contribution in [0.1, 0.15) is 0 Å². The molecule has 0 radical (unpaired) electrons. The lowest BCUT2D eigenvalue weighted by Gasteiger charge is -1.95. The molecule has 3 N–H and O–H groups in total. The van der Waals surface area contributed by atoms with Crippen LogP contribution in [0.3, 0.4) is 0 Å². The molecule has 6 heteroatoms. The summed E-state index contributed by atoms with van der Waals surface area (Å²) in [5.74, 6) is -0.225. The van der Waals surface area contributed by atoms with Gasteiger partial charge in [0, 0.05) is 12.3 Å². The summed E-state index contributed by atoms with van der Waals surface area (Å²) in [6.45, 7) is 0. The third kappa shape index (κ3) is 1.89. The first-order valence-corrected chi connectivity index (χ1v) is 4.21. The number of hydrogen-bond donors (Lipinski definition) is 2. The molecule has 0 aliphatic rings. The lowest BCUT2D eigenvalue weighted by atomic mass is 10.5. The Bertz CT molecular complexity index is 360. The topological polar surface area (TPSA) is 93.3 Å². The third-order valence-electron chi connectivity index (χ3n) is 1.03. The highest BCUT2D eigenvalue weighted by Gasteiger charge is 2.07. The van der Waals surface area contributed by atoms with Gasteiger partial charge in [-0.25, -0.2) is 13.6 Å². The highest BCUT2D eigenvalue weighted by molar-refractivity contribution is 7.89. The maximum Gasteiger partial charge on any atom is 0.239 e. The molecule has 0 aliphatic heterocycles. The van der Waals surface area contributed by atoms with E-state index in [1.165, 1.54) is 0 Å². The lowest BCUT2D eigenvalue weighted by molar-refractivity contribution is 0.470. The van der Waals surface area contributed by atoms with Crippen molar-refractivity contribution in [3.05, 3.63) is 18.5 Å². The third-order valence-corrected chi connectivity index (χ3v) is 1.91. The minimum Gasteiger partial charge on any atom is -0.506 e. The van der Waals surface area contributed by atoms with Gasteiger partial charge in [-0.1, -0.05) is 0 Å². The van der Waals surface area contributed by atoms with E-state index in [1.807, 2.05) is 0 Å². The van der Waals surface area contributed by atoms with Crippen molar-refractivity contribution in [2.24, 2.45) is 5.14 Å². The number of sulfonamides is 1. The van der Waals surface area contributed by atoms with Crippen LogP contribution in [0.5, 0.6) is 5.75 Å². The van der Waals surface area contributed by atoms with Crippen LogP contribution in [-0.4, -0.2) is 18.5 Å². The molecule has 0 saturated heterocycles. The normalized spacial score (nSPS) is 11.4. The molecule has 1 heterocycles. The molecule has 60 valence electrons. The molecular weight excluding hydrogens is 168 g/mol. The summed E-state index contributed by atoms with van der Waals surface area (Å²) < 4.78 is 21.2. The van der Waals surface area contributed by atoms with Crippen LogP contribution in [0.25, 0.3) is 0 Å². The quantitative estimate of drug-likeness (QED) is 0.596. The van der Waals surface area contributed by atoms with Crippen molar-refractivity contribution in [1.82, 2.24) is 4.98 Å². The molecule has 0 amide bonds. The van der Waals surface area contributed by atoms with Gasteiger partial charge in [-0.15, -0.1) is 0 Å². The van der Waals surface area contributed by atoms with Gasteiger partial charge in [0.25, 0.3) is 0 Å². The Balaban J connectivity index is 3.28. The maximum absolute atomic E-state index is 10.6. The smallest absolute Gasteiger partial charge is 0.239 e. The minimum atomic E-state index is -3.75. The van der Waals surface area contributed by atoms with Crippen molar-refractivity contribution in [3.8, 4) is 5.75 Å². The number of nitrogens with two attached hydrogens (primary N) is 1. The Morgan fingerprint density at radius 3 is 2.45 bits per heavy atom. The number of aromatic hydroxyl groups is 1. The SMILES string of the molecule is NS(=O)(=O)c1cncc(O)c1. The average Bonchev–Trinajstić information content (AvgIpc) is 1.86. The van der Waals surface area contributed by atoms with E-state index < -0.39 is 10.0 Å². The van der Waals surface area contributed by atoms with Gasteiger partial charge in [0.2, 0.25) is 10.0 Å². The zero-order chi connectivity index (χ0) is 8.48. The van der Waals surface area contributed by atoms with Crippen molar-refractivity contribution < 1.29 is 13.5 Å². The number of nitrogens with zero attached hydrogens (tertiary/aromatic N) is 1. The monoisotopic (exact) mass is 174 g/mol. The van der Waals surface area contributed by atoms with Crippen molar-refractivity contribution in [2.75, 3.05) is 0 Å². The minimum absolute atomic E-state index is 0.197. The largest absolute Gasteiger partial charge is 0.506 e. The maximum atomic E-state index is 10.6. The van der Waals surface area contributed by atoms with Gasteiger partial charge in [-0.2, -0.15) is 0 Å². The zero-order valence-corrected chi connectivity index (χ0v) is 6.25. The summed E-state index contributed by atoms with van der Waals surface area (Å²) in [6, 6.07) is 1.03. The molecule has 0 aliphatic carbocycles. The second kappa shape index (κ2) is 2.48. The van der Waals surface area contributed by atoms with E-state index in [0.29, 0.717) is 0 Å². The first kappa shape index (κ1) is 7.96. The van der Waals surface area contributed by atoms with Crippen LogP contribution < -0.4 is 5.14 Å². The van der Waals surface area contributed by atoms with E-state index in [2.05, 4.69) is 4.98 Å². The Morgan fingerprint density at radius 1 is 1.45 bits per heavy atom. The summed E-state index contributed by atoms with van der Waals surface area (Å²) in [5, 5.41) is 13.5. The summed E-state index contributed by atoms with van der Waals surface area (Å²) in [6.07, 6.45) is 2.18. The molecule has 0 atom stereocenters. The fraction of sp³-hybridized carbons (Fsp3) is 0. The average molecular weight is 174 g/mol. The van der Waals surface area contributed by atoms with Gasteiger partial charge < -0.3 is 5.11 Å². The highest BCUT2D eigenvalue weighted by atomic mass is 32.2. The van der Waals surface area contributed by atoms with Crippen LogP contribution in [0, 0.1) is 0 Å². The molecule has 1 aromatic rings. The van der Waals surface area contributed by atoms with Crippen LogP contribution >= 0.6 is 0 Å². The molecule has 5 nitrogen and oxygen atoms in total. The lowest BCUT2D eigenvalue weighted by Crippen LogP contribution is -2.12. The summed E-state index contributed by atoms with van der Waals surface area (Å²) in [7, 11) is -3.75. The molecule has 1 rings (SSSR count). The van der Waals surface area contributed by atoms with E-state index in [1.54, 1.807) is 0 Å². The molecule has 0 saturated carbocycles. The van der Waals surface area contributed by atoms with E-state index in [9.17, 15) is 8.42 Å². The predicted octanol–water partition coefficient (Wildman–Crippen LogP) is -0.565. The summed E-state index contributed by atoms with van der Waals surface area (Å²) in [4.78, 5) is 3.24. The summed E-state index contributed by atoms with van der Waals surface area (Å²) >= 11 is 0. The summed E-state index contributed by atoms with van der Waals surface area (Å²) in [5.41, 5.74) is 0. The van der Waals surface area contributed by atoms with E-state index in [4.69, 9.17) is 10.2 Å². The molecule has 0 fully saturated rings. The fourth-order valence-corrected chi connectivity index (χ4v) is 1.06. The van der Waals surface area contributed by atoms with Gasteiger partial charge in [-0.05, 0) is 0 Å². The Hall–Kier alpha value is -1.14. The number of primary sulfonamides is 1. The van der Waals surface area contributed by atoms with Gasteiger partial charge in [0.1, 0.15) is 10.6 Å². The van der Waals surface area contributed by atoms with Gasteiger partial charge in [0.15, 0.2) is 0 Å². The molecule has 0 bridgehead atoms. The van der Waals surface area contributed by atoms with Crippen molar-refractivity contribution in [3.63, 3.8) is 0 Å². The van der Waals surface area contributed by atoms with Gasteiger partial charge >= 0.3 is 0 Å². The van der Waals surface area contributed by atoms with E-state index >= 15 is 0 Å². The Labute approximate surface area is 63.5 Å². The number of aromatic nitrogens is 1. The van der Waals surface area contributed by atoms with Crippen molar-refractivity contribution in [2.45, 2.75) is 4.90 Å². The van der Waals surface area contributed by atoms with Crippen molar-refractivity contribution in [1.29, 1.82) is 0 Å². The first-order chi connectivity index (χ1) is 5.00. The molecule has 0 aromatic carbocycles. The number of rotatable bonds is 1. The highest BCUT2D eigenvalue weighted by Crippen LogP contribution is 2.11. The molecular formula is C5H6N2O3S. The van der Waals surface area contributed by atoms with Crippen LogP contribution in [-0.2, 0) is 10.0 Å². The predicted molar refractivity (Wildman–Crippen MR) is 37.3 cm³/mol. The Kier molecular flexibility index (Phi) is 1.79. The zero-order valence-electron chi connectivity index (χ0n) is 5.43. The molecule has 11 heavy (non-hydrogen) atoms. The van der Waals surface area contributed by atoms with E-state index in [-0.39, 0.29) is 10.6 Å². The standard InChI is InChI=1S/C5H6N2O3S/c6-11(9,10)5-1-4(8)2-7-3-5/h1-3,8H,(H2,6,9,10). The fourth-order valence-electron chi connectivity index (χ4n) is 0.563. The second-order valence-corrected chi connectivity index (χ2v) is 3.49. The van der Waals surface area contributed by atoms with Gasteiger partial charge in [-0.3, -0.25) is 4.98 Å². The van der Waals surface area contributed by atoms with E-state index in [0.717, 1.165) is 18.5 Å². The second-order valence-electron chi connectivity index (χ2n) is 1.92.